The number of hydrogen-bond acceptors (Lipinski definition) is 14. The van der Waals surface area contributed by atoms with Crippen molar-refractivity contribution >= 4 is 23.6 Å². The fourth-order valence-corrected chi connectivity index (χ4v) is 9.49. The number of hydrogen-bond donors (Lipinski definition) is 4. The van der Waals surface area contributed by atoms with E-state index in [-0.39, 0.29) is 126 Å². The van der Waals surface area contributed by atoms with E-state index in [1.54, 1.807) is 110 Å². The van der Waals surface area contributed by atoms with Gasteiger partial charge in [-0.3, -0.25) is 37.9 Å². The Kier molecular flexibility index (Phi) is 23.0. The minimum absolute atomic E-state index is 0.0119. The zero-order valence-electron chi connectivity index (χ0n) is 49.0. The number of nitrogens with one attached hydrogen (secondary N) is 4. The summed E-state index contributed by atoms with van der Waals surface area (Å²) in [5, 5.41) is 38.1. The molecule has 0 radical (unpaired) electrons. The third-order valence-corrected chi connectivity index (χ3v) is 14.0. The Morgan fingerprint density at radius 1 is 0.511 bits per heavy atom. The molecular formula is C64H62F4N12O10. The second kappa shape index (κ2) is 31.5. The number of pyridine rings is 2. The SMILES string of the molecule is Cc1c(-c2ccnn2-c2ccc(C#N)cc2)cc(C(=O)NCCOCCOCCNC(=O)CCC(=O)NCCOCCOCCNC(=O)c2cc(-c3ccnn3-c3ccc(C#N)cc3)c(C)n(-c3cccc(C(F)(F)F)c3)c2=O)c(=O)n1-c1cccc(CF)c1. The second-order valence-corrected chi connectivity index (χ2v) is 20.0. The van der Waals surface area contributed by atoms with Gasteiger partial charge in [-0.25, -0.2) is 13.8 Å². The Bertz CT molecular complexity index is 4050. The number of ether oxygens (including phenoxy) is 4. The van der Waals surface area contributed by atoms with Gasteiger partial charge in [0, 0.05) is 72.9 Å². The van der Waals surface area contributed by atoms with Crippen LogP contribution in [0.2, 0.25) is 0 Å². The average molecular weight is 1240 g/mol. The molecule has 4 aromatic carbocycles. The summed E-state index contributed by atoms with van der Waals surface area (Å²) in [5.41, 5.74) is 2.21. The minimum Gasteiger partial charge on any atom is -0.377 e. The van der Waals surface area contributed by atoms with Crippen molar-refractivity contribution in [2.24, 2.45) is 0 Å². The number of nitrogens with zero attached hydrogens (tertiary/aromatic N) is 8. The van der Waals surface area contributed by atoms with E-state index in [1.807, 2.05) is 6.07 Å². The van der Waals surface area contributed by atoms with Gasteiger partial charge in [-0.15, -0.1) is 0 Å². The Morgan fingerprint density at radius 3 is 1.31 bits per heavy atom. The highest BCUT2D eigenvalue weighted by Gasteiger charge is 2.31. The van der Waals surface area contributed by atoms with Crippen molar-refractivity contribution in [2.45, 2.75) is 39.5 Å². The number of alkyl halides is 4. The standard InChI is InChI=1S/C64H62F4N12O10/c1-42-52(56-19-21-75-79(56)48-13-9-44(40-69)10-14-48)37-54(62(85)77(42)50-7-3-5-46(35-50)39-65)60(83)73-25-29-89-33-31-87-27-23-71-58(81)17-18-59(82)72-24-28-88-32-34-90-30-26-74-61(84)55-38-53(57-20-22-76-80(57)49-15-11-45(41-70)12-16-49)43(2)78(63(55)86)51-8-4-6-47(36-51)64(66,67)68/h3-16,19-22,35-38H,17-18,23-34,39H2,1-2H3,(H,71,81)(H,72,82)(H,73,83)(H,74,84). The maximum atomic E-state index is 14.0. The van der Waals surface area contributed by atoms with E-state index in [0.717, 1.165) is 16.7 Å². The predicted octanol–water partition coefficient (Wildman–Crippen LogP) is 6.78. The predicted molar refractivity (Wildman–Crippen MR) is 321 cm³/mol. The summed E-state index contributed by atoms with van der Waals surface area (Å²) in [6.45, 7) is 3.85. The van der Waals surface area contributed by atoms with Gasteiger partial charge >= 0.3 is 6.18 Å². The first kappa shape index (κ1) is 65.6. The maximum Gasteiger partial charge on any atom is 0.416 e. The quantitative estimate of drug-likeness (QED) is 0.0267. The highest BCUT2D eigenvalue weighted by atomic mass is 19.4. The molecule has 4 amide bonds. The molecule has 4 heterocycles. The summed E-state index contributed by atoms with van der Waals surface area (Å²) in [6.07, 6.45) is -1.78. The molecule has 0 spiro atoms. The number of benzene rings is 4. The van der Waals surface area contributed by atoms with Crippen LogP contribution in [-0.4, -0.2) is 131 Å². The Morgan fingerprint density at radius 2 is 0.911 bits per heavy atom. The normalized spacial score (nSPS) is 11.2. The number of halogens is 4. The summed E-state index contributed by atoms with van der Waals surface area (Å²) in [7, 11) is 0. The summed E-state index contributed by atoms with van der Waals surface area (Å²) >= 11 is 0. The third kappa shape index (κ3) is 16.8. The lowest BCUT2D eigenvalue weighted by Crippen LogP contribution is -2.35. The van der Waals surface area contributed by atoms with E-state index in [4.69, 9.17) is 18.9 Å². The molecule has 0 aliphatic rings. The highest BCUT2D eigenvalue weighted by Crippen LogP contribution is 2.33. The van der Waals surface area contributed by atoms with Crippen LogP contribution < -0.4 is 32.4 Å². The van der Waals surface area contributed by atoms with Crippen LogP contribution in [0.1, 0.15) is 67.2 Å². The number of carbonyl (C=O) groups is 4. The first-order valence-electron chi connectivity index (χ1n) is 28.4. The molecule has 26 heteroatoms. The second-order valence-electron chi connectivity index (χ2n) is 20.0. The van der Waals surface area contributed by atoms with Gasteiger partial charge in [-0.1, -0.05) is 18.2 Å². The Labute approximate surface area is 513 Å². The average Bonchev–Trinajstić information content (AvgIpc) is 1.26. The molecule has 8 aromatic rings. The summed E-state index contributed by atoms with van der Waals surface area (Å²) < 4.78 is 83.0. The molecule has 4 N–H and O–H groups in total. The lowest BCUT2D eigenvalue weighted by molar-refractivity contribution is -0.137. The first-order valence-corrected chi connectivity index (χ1v) is 28.4. The smallest absolute Gasteiger partial charge is 0.377 e. The minimum atomic E-state index is -4.71. The van der Waals surface area contributed by atoms with Crippen molar-refractivity contribution in [3.05, 3.63) is 199 Å². The summed E-state index contributed by atoms with van der Waals surface area (Å²) in [6, 6.07) is 34.2. The van der Waals surface area contributed by atoms with Gasteiger partial charge in [-0.2, -0.15) is 33.9 Å². The lowest BCUT2D eigenvalue weighted by Gasteiger charge is -2.19. The largest absolute Gasteiger partial charge is 0.416 e. The van der Waals surface area contributed by atoms with Crippen molar-refractivity contribution in [3.63, 3.8) is 0 Å². The van der Waals surface area contributed by atoms with Crippen LogP contribution in [-0.2, 0) is 41.4 Å². The van der Waals surface area contributed by atoms with Crippen LogP contribution in [0.25, 0.3) is 45.3 Å². The summed E-state index contributed by atoms with van der Waals surface area (Å²) in [5.74, 6) is -2.18. The van der Waals surface area contributed by atoms with Gasteiger partial charge < -0.3 is 40.2 Å². The molecule has 0 saturated carbocycles. The van der Waals surface area contributed by atoms with E-state index < -0.39 is 41.3 Å². The first-order chi connectivity index (χ1) is 43.5. The van der Waals surface area contributed by atoms with Crippen LogP contribution in [0.4, 0.5) is 17.6 Å². The van der Waals surface area contributed by atoms with Crippen molar-refractivity contribution in [1.82, 2.24) is 50.0 Å². The lowest BCUT2D eigenvalue weighted by atomic mass is 10.0. The summed E-state index contributed by atoms with van der Waals surface area (Å²) in [4.78, 5) is 80.0. The van der Waals surface area contributed by atoms with Crippen molar-refractivity contribution < 1.29 is 55.7 Å². The molecule has 22 nitrogen and oxygen atoms in total. The number of aromatic nitrogens is 6. The number of rotatable bonds is 30. The highest BCUT2D eigenvalue weighted by molar-refractivity contribution is 5.96. The van der Waals surface area contributed by atoms with Crippen LogP contribution in [0.3, 0.4) is 0 Å². The molecule has 0 atom stereocenters. The van der Waals surface area contributed by atoms with E-state index >= 15 is 0 Å². The molecular weight excluding hydrogens is 1170 g/mol. The number of nitriles is 2. The van der Waals surface area contributed by atoms with Gasteiger partial charge in [0.2, 0.25) is 11.8 Å². The van der Waals surface area contributed by atoms with Crippen LogP contribution in [0.5, 0.6) is 0 Å². The monoisotopic (exact) mass is 1230 g/mol. The van der Waals surface area contributed by atoms with Crippen molar-refractivity contribution in [2.75, 3.05) is 79.0 Å². The van der Waals surface area contributed by atoms with Crippen LogP contribution in [0, 0.1) is 36.5 Å². The van der Waals surface area contributed by atoms with Gasteiger partial charge in [0.25, 0.3) is 22.9 Å². The van der Waals surface area contributed by atoms with Crippen molar-refractivity contribution in [3.8, 4) is 57.4 Å². The molecule has 466 valence electrons. The molecule has 0 saturated heterocycles. The van der Waals surface area contributed by atoms with Gasteiger partial charge in [-0.05, 0) is 123 Å². The van der Waals surface area contributed by atoms with Crippen molar-refractivity contribution in [1.29, 1.82) is 10.5 Å². The van der Waals surface area contributed by atoms with Crippen LogP contribution >= 0.6 is 0 Å². The van der Waals surface area contributed by atoms with Gasteiger partial charge in [0.05, 0.1) is 117 Å². The van der Waals surface area contributed by atoms with E-state index in [1.165, 1.54) is 39.7 Å². The Balaban J connectivity index is 0.693. The molecule has 0 unspecified atom stereocenters. The molecule has 0 aliphatic heterocycles. The molecule has 0 aliphatic carbocycles. The van der Waals surface area contributed by atoms with Gasteiger partial charge in [0.15, 0.2) is 0 Å². The number of carbonyl (C=O) groups excluding carboxylic acids is 4. The maximum absolute atomic E-state index is 14.0. The fourth-order valence-electron chi connectivity index (χ4n) is 9.49. The molecule has 4 aromatic heterocycles. The molecule has 8 rings (SSSR count). The van der Waals surface area contributed by atoms with E-state index in [9.17, 15) is 56.9 Å². The zero-order chi connectivity index (χ0) is 64.2. The van der Waals surface area contributed by atoms with Crippen LogP contribution in [0.15, 0.2) is 143 Å². The Hall–Kier alpha value is -10.4. The zero-order valence-corrected chi connectivity index (χ0v) is 49.0. The fraction of sp³-hybridized carbons (Fsp3) is 0.281. The molecule has 90 heavy (non-hydrogen) atoms. The van der Waals surface area contributed by atoms with E-state index in [0.29, 0.717) is 62.0 Å². The van der Waals surface area contributed by atoms with Gasteiger partial charge in [0.1, 0.15) is 17.8 Å². The molecule has 0 fully saturated rings. The van der Waals surface area contributed by atoms with E-state index in [2.05, 4.69) is 37.5 Å². The third-order valence-electron chi connectivity index (χ3n) is 14.0. The molecule has 0 bridgehead atoms. The number of amides is 4. The topological polar surface area (TPSA) is 281 Å².